The second kappa shape index (κ2) is 10.1. The fourth-order valence-electron chi connectivity index (χ4n) is 4.20. The Hall–Kier alpha value is -3.63. The maximum Gasteiger partial charge on any atom is 0.332 e. The second-order valence-electron chi connectivity index (χ2n) is 9.00. The Kier molecular flexibility index (Phi) is 6.99. The lowest BCUT2D eigenvalue weighted by Gasteiger charge is -2.13. The molecule has 4 atom stereocenters. The van der Waals surface area contributed by atoms with E-state index in [1.54, 1.807) is 30.3 Å². The molecule has 4 rings (SSSR count). The van der Waals surface area contributed by atoms with Crippen molar-refractivity contribution in [1.82, 2.24) is 0 Å². The van der Waals surface area contributed by atoms with E-state index < -0.39 is 35.7 Å². The number of hydrogen-bond donors (Lipinski definition) is 0. The molecule has 0 spiro atoms. The molecule has 1 saturated carbocycles. The van der Waals surface area contributed by atoms with Gasteiger partial charge in [-0.2, -0.15) is 5.26 Å². The smallest absolute Gasteiger partial charge is 0.332 e. The maximum absolute atomic E-state index is 12.9. The van der Waals surface area contributed by atoms with Crippen LogP contribution in [0.4, 0.5) is 0 Å². The number of hydrogen-bond acceptors (Lipinski definition) is 7. The minimum absolute atomic E-state index is 0.191. The molecule has 2 aromatic carbocycles. The van der Waals surface area contributed by atoms with E-state index in [4.69, 9.17) is 18.9 Å². The van der Waals surface area contributed by atoms with Gasteiger partial charge in [0, 0.05) is 18.1 Å². The number of esters is 2. The molecule has 0 radical (unpaired) electrons. The Bertz CT molecular complexity index is 1100. The van der Waals surface area contributed by atoms with Gasteiger partial charge in [0.1, 0.15) is 17.6 Å². The van der Waals surface area contributed by atoms with E-state index in [9.17, 15) is 14.9 Å². The fraction of sp³-hybridized carbons (Fsp3) is 0.370. The quantitative estimate of drug-likeness (QED) is 0.399. The average molecular weight is 462 g/mol. The summed E-state index contributed by atoms with van der Waals surface area (Å²) in [7, 11) is 0. The van der Waals surface area contributed by atoms with E-state index in [0.717, 1.165) is 6.42 Å². The lowest BCUT2D eigenvalue weighted by Crippen LogP contribution is -2.15. The third kappa shape index (κ3) is 5.46. The van der Waals surface area contributed by atoms with Crippen LogP contribution in [-0.4, -0.2) is 24.8 Å². The SMILES string of the molecule is CC1(C)[C@H](C(=O)OC(C#N)c2cccc(Oc3ccccc3)c2)[C@@H]1/C=C\C(=O)OC1CCCO1. The van der Waals surface area contributed by atoms with E-state index in [0.29, 0.717) is 30.1 Å². The summed E-state index contributed by atoms with van der Waals surface area (Å²) in [5, 5.41) is 9.66. The summed E-state index contributed by atoms with van der Waals surface area (Å²) in [5.41, 5.74) is 0.130. The summed E-state index contributed by atoms with van der Waals surface area (Å²) in [6.45, 7) is 4.44. The molecule has 7 heteroatoms. The van der Waals surface area contributed by atoms with Crippen molar-refractivity contribution in [3.63, 3.8) is 0 Å². The van der Waals surface area contributed by atoms with Crippen LogP contribution in [0.25, 0.3) is 0 Å². The summed E-state index contributed by atoms with van der Waals surface area (Å²) in [6, 6.07) is 18.2. The van der Waals surface area contributed by atoms with E-state index in [1.165, 1.54) is 6.08 Å². The molecule has 176 valence electrons. The van der Waals surface area contributed by atoms with Gasteiger partial charge >= 0.3 is 11.9 Å². The summed E-state index contributed by atoms with van der Waals surface area (Å²) in [6.07, 6.45) is 3.01. The van der Waals surface area contributed by atoms with Crippen LogP contribution in [0.1, 0.15) is 38.4 Å². The second-order valence-corrected chi connectivity index (χ2v) is 9.00. The first-order valence-electron chi connectivity index (χ1n) is 11.3. The number of carbonyl (C=O) groups is 2. The number of para-hydroxylation sites is 1. The van der Waals surface area contributed by atoms with Gasteiger partial charge in [-0.25, -0.2) is 4.79 Å². The molecule has 2 aliphatic rings. The predicted molar refractivity (Wildman–Crippen MR) is 122 cm³/mol. The zero-order valence-electron chi connectivity index (χ0n) is 19.2. The number of nitrogens with zero attached hydrogens (tertiary/aromatic N) is 1. The number of rotatable bonds is 8. The zero-order chi connectivity index (χ0) is 24.1. The first-order valence-corrected chi connectivity index (χ1v) is 11.3. The number of allylic oxidation sites excluding steroid dienone is 1. The molecule has 34 heavy (non-hydrogen) atoms. The molecule has 1 aliphatic heterocycles. The van der Waals surface area contributed by atoms with Gasteiger partial charge in [-0.1, -0.05) is 50.3 Å². The highest BCUT2D eigenvalue weighted by atomic mass is 16.7. The molecule has 0 N–H and O–H groups in total. The standard InChI is InChI=1S/C27H27NO6/c1-27(2)21(13-14-23(29)34-24-12-7-15-31-24)25(27)26(30)33-22(17-28)18-8-6-11-20(16-18)32-19-9-4-3-5-10-19/h3-6,8-11,13-14,16,21-22,24-25H,7,12,15H2,1-2H3/b14-13-/t21-,22?,24?,25-/m0/s1. The van der Waals surface area contributed by atoms with Gasteiger partial charge in [0.2, 0.25) is 12.4 Å². The van der Waals surface area contributed by atoms with Crippen molar-refractivity contribution in [2.45, 2.75) is 39.1 Å². The van der Waals surface area contributed by atoms with Crippen LogP contribution in [0, 0.1) is 28.6 Å². The molecule has 1 aliphatic carbocycles. The Balaban J connectivity index is 1.37. The zero-order valence-corrected chi connectivity index (χ0v) is 19.2. The van der Waals surface area contributed by atoms with E-state index in [1.807, 2.05) is 44.2 Å². The average Bonchev–Trinajstić information content (AvgIpc) is 3.11. The highest BCUT2D eigenvalue weighted by molar-refractivity contribution is 5.83. The van der Waals surface area contributed by atoms with Gasteiger partial charge in [-0.05, 0) is 42.0 Å². The van der Waals surface area contributed by atoms with Crippen molar-refractivity contribution in [1.29, 1.82) is 5.26 Å². The lowest BCUT2D eigenvalue weighted by molar-refractivity contribution is -0.163. The third-order valence-electron chi connectivity index (χ3n) is 6.23. The monoisotopic (exact) mass is 461 g/mol. The van der Waals surface area contributed by atoms with Crippen molar-refractivity contribution in [3.8, 4) is 17.6 Å². The van der Waals surface area contributed by atoms with E-state index in [-0.39, 0.29) is 5.92 Å². The molecular weight excluding hydrogens is 434 g/mol. The first kappa shape index (κ1) is 23.5. The third-order valence-corrected chi connectivity index (χ3v) is 6.23. The molecule has 2 unspecified atom stereocenters. The van der Waals surface area contributed by atoms with Crippen molar-refractivity contribution in [2.24, 2.45) is 17.3 Å². The minimum Gasteiger partial charge on any atom is -0.457 e. The predicted octanol–water partition coefficient (Wildman–Crippen LogP) is 5.09. The molecule has 7 nitrogen and oxygen atoms in total. The molecule has 0 bridgehead atoms. The van der Waals surface area contributed by atoms with Crippen molar-refractivity contribution >= 4 is 11.9 Å². The topological polar surface area (TPSA) is 94.9 Å². The van der Waals surface area contributed by atoms with Gasteiger partial charge in [-0.15, -0.1) is 0 Å². The molecule has 2 fully saturated rings. The van der Waals surface area contributed by atoms with Crippen LogP contribution >= 0.6 is 0 Å². The normalized spacial score (nSPS) is 23.6. The summed E-state index contributed by atoms with van der Waals surface area (Å²) < 4.78 is 21.9. The van der Waals surface area contributed by atoms with Crippen molar-refractivity contribution in [2.75, 3.05) is 6.61 Å². The van der Waals surface area contributed by atoms with Gasteiger partial charge in [0.05, 0.1) is 12.5 Å². The fourth-order valence-corrected chi connectivity index (χ4v) is 4.20. The van der Waals surface area contributed by atoms with Crippen LogP contribution < -0.4 is 4.74 Å². The minimum atomic E-state index is -1.07. The number of nitriles is 1. The Morgan fingerprint density at radius 1 is 1.15 bits per heavy atom. The molecule has 1 saturated heterocycles. The van der Waals surface area contributed by atoms with Crippen LogP contribution in [0.15, 0.2) is 66.7 Å². The lowest BCUT2D eigenvalue weighted by atomic mass is 10.1. The number of carbonyl (C=O) groups excluding carboxylic acids is 2. The van der Waals surface area contributed by atoms with Crippen molar-refractivity contribution in [3.05, 3.63) is 72.3 Å². The Morgan fingerprint density at radius 3 is 2.62 bits per heavy atom. The Labute approximate surface area is 198 Å². The van der Waals surface area contributed by atoms with Crippen LogP contribution in [0.2, 0.25) is 0 Å². The highest BCUT2D eigenvalue weighted by Gasteiger charge is 2.61. The summed E-state index contributed by atoms with van der Waals surface area (Å²) in [5.74, 6) is -0.419. The van der Waals surface area contributed by atoms with Crippen LogP contribution in [0.5, 0.6) is 11.5 Å². The summed E-state index contributed by atoms with van der Waals surface area (Å²) >= 11 is 0. The van der Waals surface area contributed by atoms with Crippen molar-refractivity contribution < 1.29 is 28.5 Å². The number of ether oxygens (including phenoxy) is 4. The molecule has 0 aromatic heterocycles. The molecule has 1 heterocycles. The van der Waals surface area contributed by atoms with Crippen LogP contribution in [-0.2, 0) is 23.8 Å². The first-order chi connectivity index (χ1) is 16.4. The van der Waals surface area contributed by atoms with E-state index >= 15 is 0 Å². The maximum atomic E-state index is 12.9. The van der Waals surface area contributed by atoms with Gasteiger partial charge in [0.15, 0.2) is 0 Å². The Morgan fingerprint density at radius 2 is 1.91 bits per heavy atom. The molecular formula is C27H27NO6. The van der Waals surface area contributed by atoms with E-state index in [2.05, 4.69) is 6.07 Å². The number of benzene rings is 2. The van der Waals surface area contributed by atoms with Gasteiger partial charge in [0.25, 0.3) is 0 Å². The van der Waals surface area contributed by atoms with Gasteiger partial charge in [-0.3, -0.25) is 4.79 Å². The summed E-state index contributed by atoms with van der Waals surface area (Å²) in [4.78, 5) is 24.9. The highest BCUT2D eigenvalue weighted by Crippen LogP contribution is 2.59. The van der Waals surface area contributed by atoms with Crippen LogP contribution in [0.3, 0.4) is 0 Å². The van der Waals surface area contributed by atoms with Gasteiger partial charge < -0.3 is 18.9 Å². The largest absolute Gasteiger partial charge is 0.457 e. The molecule has 0 amide bonds. The molecule has 2 aromatic rings.